The van der Waals surface area contributed by atoms with Gasteiger partial charge in [-0.3, -0.25) is 18.9 Å². The number of fused-ring (bicyclic) bond motifs is 1. The van der Waals surface area contributed by atoms with Crippen molar-refractivity contribution >= 4 is 22.8 Å². The zero-order valence-corrected chi connectivity index (χ0v) is 28.0. The molecule has 0 unspecified atom stereocenters. The van der Waals surface area contributed by atoms with Gasteiger partial charge in [0.05, 0.1) is 37.4 Å². The number of anilines is 1. The van der Waals surface area contributed by atoms with Gasteiger partial charge in [-0.1, -0.05) is 30.3 Å². The predicted molar refractivity (Wildman–Crippen MR) is 180 cm³/mol. The second-order valence-electron chi connectivity index (χ2n) is 13.8. The molecule has 2 aliphatic rings. The molecule has 256 valence electrons. The molecule has 0 atom stereocenters. The van der Waals surface area contributed by atoms with Gasteiger partial charge in [0.15, 0.2) is 5.52 Å². The van der Waals surface area contributed by atoms with Crippen LogP contribution in [0.2, 0.25) is 0 Å². The summed E-state index contributed by atoms with van der Waals surface area (Å²) in [5, 5.41) is 18.7. The minimum Gasteiger partial charge on any atom is -0.444 e. The number of aryl methyl sites for hydroxylation is 1. The molecule has 4 heterocycles. The van der Waals surface area contributed by atoms with E-state index in [0.29, 0.717) is 69.0 Å². The Kier molecular flexibility index (Phi) is 9.55. The van der Waals surface area contributed by atoms with E-state index in [-0.39, 0.29) is 23.4 Å². The van der Waals surface area contributed by atoms with Crippen molar-refractivity contribution in [2.75, 3.05) is 44.3 Å². The van der Waals surface area contributed by atoms with E-state index < -0.39 is 17.3 Å². The lowest BCUT2D eigenvalue weighted by atomic mass is 9.91. The number of likely N-dealkylation sites (tertiary alicyclic amines) is 1. The molecule has 0 bridgehead atoms. The molecule has 6 rings (SSSR count). The molecule has 13 heteroatoms. The standard InChI is InChI=1S/C35H44FN7O5/c1-34(2,3)48-33(45)37-20-24-5-7-25(8-6-24)31-29-30(39-40(31)4)32(44)43(23-38-29)22-35(46)11-13-41(14-12-35)21-26-9-10-27(19-28(26)36)42-15-17-47-18-16-42/h5-10,19,23,46H,11-18,20-22H2,1-4H3,(H,37,45). The normalized spacial score (nSPS) is 17.1. The van der Waals surface area contributed by atoms with Gasteiger partial charge in [-0.05, 0) is 51.3 Å². The first-order valence-corrected chi connectivity index (χ1v) is 16.4. The second-order valence-corrected chi connectivity index (χ2v) is 13.8. The molecule has 48 heavy (non-hydrogen) atoms. The maximum Gasteiger partial charge on any atom is 0.407 e. The molecular formula is C35H44FN7O5. The first-order chi connectivity index (χ1) is 22.9. The highest BCUT2D eigenvalue weighted by Crippen LogP contribution is 2.29. The molecule has 0 aliphatic carbocycles. The summed E-state index contributed by atoms with van der Waals surface area (Å²) in [5.74, 6) is -0.230. The predicted octanol–water partition coefficient (Wildman–Crippen LogP) is 3.82. The lowest BCUT2D eigenvalue weighted by molar-refractivity contribution is -0.0366. The SMILES string of the molecule is Cn1nc2c(=O)n(CC3(O)CCN(Cc4ccc(N5CCOCC5)cc4F)CC3)cnc2c1-c1ccc(CNC(=O)OC(C)(C)C)cc1. The lowest BCUT2D eigenvalue weighted by Gasteiger charge is -2.38. The number of piperidine rings is 1. The van der Waals surface area contributed by atoms with Gasteiger partial charge in [0.1, 0.15) is 16.9 Å². The van der Waals surface area contributed by atoms with Gasteiger partial charge in [-0.15, -0.1) is 0 Å². The fourth-order valence-electron chi connectivity index (χ4n) is 6.33. The van der Waals surface area contributed by atoms with E-state index in [4.69, 9.17) is 9.47 Å². The van der Waals surface area contributed by atoms with E-state index in [0.717, 1.165) is 29.9 Å². The van der Waals surface area contributed by atoms with Gasteiger partial charge in [-0.25, -0.2) is 14.2 Å². The number of alkyl carbamates (subject to hydrolysis) is 1. The summed E-state index contributed by atoms with van der Waals surface area (Å²) in [6.45, 7) is 10.2. The smallest absolute Gasteiger partial charge is 0.407 e. The van der Waals surface area contributed by atoms with E-state index in [1.54, 1.807) is 17.8 Å². The topological polar surface area (TPSA) is 127 Å². The first-order valence-electron chi connectivity index (χ1n) is 16.4. The molecule has 2 saturated heterocycles. The lowest BCUT2D eigenvalue weighted by Crippen LogP contribution is -2.47. The number of rotatable bonds is 8. The molecule has 0 saturated carbocycles. The van der Waals surface area contributed by atoms with E-state index in [1.165, 1.54) is 10.9 Å². The Bertz CT molecular complexity index is 1820. The van der Waals surface area contributed by atoms with Crippen LogP contribution in [-0.2, 0) is 36.2 Å². The number of nitrogens with zero attached hydrogens (tertiary/aromatic N) is 6. The molecule has 2 aromatic carbocycles. The fraction of sp³-hybridized carbons (Fsp3) is 0.486. The third kappa shape index (κ3) is 7.69. The van der Waals surface area contributed by atoms with Crippen molar-refractivity contribution in [2.45, 2.75) is 64.4 Å². The van der Waals surface area contributed by atoms with Gasteiger partial charge >= 0.3 is 6.09 Å². The van der Waals surface area contributed by atoms with Crippen LogP contribution >= 0.6 is 0 Å². The maximum absolute atomic E-state index is 15.0. The summed E-state index contributed by atoms with van der Waals surface area (Å²) in [6, 6.07) is 13.0. The van der Waals surface area contributed by atoms with E-state index >= 15 is 4.39 Å². The number of ether oxygens (including phenoxy) is 2. The van der Waals surface area contributed by atoms with Crippen molar-refractivity contribution in [1.82, 2.24) is 29.5 Å². The fourth-order valence-corrected chi connectivity index (χ4v) is 6.33. The van der Waals surface area contributed by atoms with Crippen LogP contribution in [-0.4, -0.2) is 86.0 Å². The average molecular weight is 662 g/mol. The number of hydrogen-bond acceptors (Lipinski definition) is 9. The van der Waals surface area contributed by atoms with Crippen molar-refractivity contribution in [1.29, 1.82) is 0 Å². The summed E-state index contributed by atoms with van der Waals surface area (Å²) < 4.78 is 28.8. The number of morpholine rings is 1. The van der Waals surface area contributed by atoms with E-state index in [1.807, 2.05) is 57.2 Å². The molecule has 2 aromatic heterocycles. The second kappa shape index (κ2) is 13.7. The number of halogens is 1. The Morgan fingerprint density at radius 3 is 2.44 bits per heavy atom. The van der Waals surface area contributed by atoms with Gasteiger partial charge in [-0.2, -0.15) is 5.10 Å². The van der Waals surface area contributed by atoms with Gasteiger partial charge < -0.3 is 24.8 Å². The summed E-state index contributed by atoms with van der Waals surface area (Å²) in [5.41, 5.74) is 2.60. The number of nitrogens with one attached hydrogen (secondary N) is 1. The number of carbonyl (C=O) groups excluding carboxylic acids is 1. The Labute approximate surface area is 279 Å². The number of hydrogen-bond donors (Lipinski definition) is 2. The van der Waals surface area contributed by atoms with E-state index in [9.17, 15) is 14.7 Å². The number of amides is 1. The minimum atomic E-state index is -1.10. The zero-order chi connectivity index (χ0) is 34.1. The molecule has 0 spiro atoms. The van der Waals surface area contributed by atoms with Crippen LogP contribution < -0.4 is 15.8 Å². The molecule has 12 nitrogen and oxygen atoms in total. The zero-order valence-electron chi connectivity index (χ0n) is 28.0. The van der Waals surface area contributed by atoms with Crippen molar-refractivity contribution < 1.29 is 23.8 Å². The largest absolute Gasteiger partial charge is 0.444 e. The number of benzene rings is 2. The average Bonchev–Trinajstić information content (AvgIpc) is 3.40. The first kappa shape index (κ1) is 33.6. The molecule has 1 amide bonds. The highest BCUT2D eigenvalue weighted by atomic mass is 19.1. The summed E-state index contributed by atoms with van der Waals surface area (Å²) in [4.78, 5) is 34.4. The molecule has 2 aliphatic heterocycles. The van der Waals surface area contributed by atoms with Crippen LogP contribution in [0.1, 0.15) is 44.7 Å². The van der Waals surface area contributed by atoms with Crippen molar-refractivity contribution in [3.05, 3.63) is 76.1 Å². The number of carbonyl (C=O) groups is 1. The molecule has 2 N–H and O–H groups in total. The van der Waals surface area contributed by atoms with Crippen LogP contribution in [0.25, 0.3) is 22.3 Å². The Morgan fingerprint density at radius 1 is 1.06 bits per heavy atom. The van der Waals surface area contributed by atoms with Crippen molar-refractivity contribution in [3.8, 4) is 11.3 Å². The van der Waals surface area contributed by atoms with Crippen LogP contribution in [0.15, 0.2) is 53.6 Å². The summed E-state index contributed by atoms with van der Waals surface area (Å²) in [6.07, 6.45) is 1.87. The third-order valence-electron chi connectivity index (χ3n) is 8.93. The summed E-state index contributed by atoms with van der Waals surface area (Å²) >= 11 is 0. The minimum absolute atomic E-state index is 0.0937. The molecular weight excluding hydrogens is 617 g/mol. The number of aliphatic hydroxyl groups is 1. The number of aromatic nitrogens is 4. The highest BCUT2D eigenvalue weighted by molar-refractivity contribution is 5.89. The molecule has 4 aromatic rings. The van der Waals surface area contributed by atoms with Gasteiger partial charge in [0, 0.05) is 63.1 Å². The monoisotopic (exact) mass is 661 g/mol. The van der Waals surface area contributed by atoms with E-state index in [2.05, 4.69) is 25.2 Å². The van der Waals surface area contributed by atoms with Crippen LogP contribution in [0.4, 0.5) is 14.9 Å². The third-order valence-corrected chi connectivity index (χ3v) is 8.93. The maximum atomic E-state index is 15.0. The Balaban J connectivity index is 1.08. The van der Waals surface area contributed by atoms with Crippen LogP contribution in [0, 0.1) is 5.82 Å². The highest BCUT2D eigenvalue weighted by Gasteiger charge is 2.34. The van der Waals surface area contributed by atoms with Crippen molar-refractivity contribution in [2.24, 2.45) is 7.05 Å². The van der Waals surface area contributed by atoms with Crippen molar-refractivity contribution in [3.63, 3.8) is 0 Å². The molecule has 0 radical (unpaired) electrons. The quantitative estimate of drug-likeness (QED) is 0.290. The molecule has 2 fully saturated rings. The van der Waals surface area contributed by atoms with Crippen LogP contribution in [0.3, 0.4) is 0 Å². The van der Waals surface area contributed by atoms with Gasteiger partial charge in [0.25, 0.3) is 5.56 Å². The Morgan fingerprint density at radius 2 is 1.77 bits per heavy atom. The summed E-state index contributed by atoms with van der Waals surface area (Å²) in [7, 11) is 1.76. The van der Waals surface area contributed by atoms with Gasteiger partial charge in [0.2, 0.25) is 0 Å². The Hall–Kier alpha value is -4.33. The van der Waals surface area contributed by atoms with Crippen LogP contribution in [0.5, 0.6) is 0 Å².